The van der Waals surface area contributed by atoms with E-state index in [0.717, 1.165) is 28.2 Å². The molecule has 26 heavy (non-hydrogen) atoms. The molecule has 5 heteroatoms. The van der Waals surface area contributed by atoms with Crippen molar-refractivity contribution in [1.29, 1.82) is 0 Å². The van der Waals surface area contributed by atoms with Crippen LogP contribution < -0.4 is 5.32 Å². The largest absolute Gasteiger partial charge is 0.464 e. The quantitative estimate of drug-likeness (QED) is 0.735. The maximum absolute atomic E-state index is 12.4. The normalized spacial score (nSPS) is 11.8. The molecule has 1 atom stereocenters. The van der Waals surface area contributed by atoms with E-state index < -0.39 is 0 Å². The molecule has 0 fully saturated rings. The first-order valence-corrected chi connectivity index (χ1v) is 8.60. The second kappa shape index (κ2) is 7.87. The number of hydrogen-bond acceptors (Lipinski definition) is 3. The highest BCUT2D eigenvalue weighted by atomic mass is 16.3. The maximum atomic E-state index is 12.4. The Balaban J connectivity index is 1.60. The predicted octanol–water partition coefficient (Wildman–Crippen LogP) is 4.55. The Morgan fingerprint density at radius 1 is 1.08 bits per heavy atom. The van der Waals surface area contributed by atoms with Crippen LogP contribution in [0.2, 0.25) is 0 Å². The van der Waals surface area contributed by atoms with Crippen LogP contribution in [0.5, 0.6) is 0 Å². The molecule has 0 saturated heterocycles. The van der Waals surface area contributed by atoms with Gasteiger partial charge in [-0.2, -0.15) is 0 Å². The van der Waals surface area contributed by atoms with Gasteiger partial charge in [0.2, 0.25) is 0 Å². The minimum atomic E-state index is -0.134. The summed E-state index contributed by atoms with van der Waals surface area (Å²) < 4.78 is 5.52. The molecule has 0 aliphatic carbocycles. The molecule has 3 rings (SSSR count). The molecule has 0 aliphatic heterocycles. The zero-order valence-corrected chi connectivity index (χ0v) is 15.3. The molecule has 2 amide bonds. The molecule has 134 valence electrons. The molecule has 3 aromatic rings. The van der Waals surface area contributed by atoms with Gasteiger partial charge in [-0.25, -0.2) is 4.79 Å². The van der Waals surface area contributed by atoms with E-state index in [4.69, 9.17) is 4.42 Å². The third kappa shape index (κ3) is 4.30. The Hall–Kier alpha value is -3.08. The van der Waals surface area contributed by atoms with Crippen molar-refractivity contribution in [3.8, 4) is 11.1 Å². The summed E-state index contributed by atoms with van der Waals surface area (Å²) in [7, 11) is 1.76. The van der Waals surface area contributed by atoms with Crippen molar-refractivity contribution in [2.45, 2.75) is 26.4 Å². The van der Waals surface area contributed by atoms with E-state index in [1.807, 2.05) is 50.2 Å². The topological polar surface area (TPSA) is 58.4 Å². The number of urea groups is 1. The van der Waals surface area contributed by atoms with Gasteiger partial charge >= 0.3 is 6.03 Å². The molecular formula is C21H23N3O2. The molecule has 0 unspecified atom stereocenters. The zero-order chi connectivity index (χ0) is 18.5. The lowest BCUT2D eigenvalue weighted by Crippen LogP contribution is -2.38. The second-order valence-corrected chi connectivity index (χ2v) is 6.40. The number of amides is 2. The first-order valence-electron chi connectivity index (χ1n) is 8.60. The summed E-state index contributed by atoms with van der Waals surface area (Å²) in [4.78, 5) is 18.0. The summed E-state index contributed by atoms with van der Waals surface area (Å²) in [6.45, 7) is 4.30. The van der Waals surface area contributed by atoms with Gasteiger partial charge in [0.25, 0.3) is 0 Å². The Kier molecular flexibility index (Phi) is 5.37. The fourth-order valence-corrected chi connectivity index (χ4v) is 2.76. The summed E-state index contributed by atoms with van der Waals surface area (Å²) in [5.41, 5.74) is 3.30. The SMILES string of the molecule is Cc1ccc(CN(C)C(=O)N[C@@H](C)c2ccc(-c3ccncc3)cc2)o1. The van der Waals surface area contributed by atoms with Crippen LogP contribution in [0, 0.1) is 6.92 Å². The van der Waals surface area contributed by atoms with Gasteiger partial charge in [0.1, 0.15) is 11.5 Å². The minimum Gasteiger partial charge on any atom is -0.464 e. The van der Waals surface area contributed by atoms with Crippen molar-refractivity contribution < 1.29 is 9.21 Å². The summed E-state index contributed by atoms with van der Waals surface area (Å²) in [6.07, 6.45) is 3.56. The smallest absolute Gasteiger partial charge is 0.318 e. The van der Waals surface area contributed by atoms with Crippen LogP contribution in [0.25, 0.3) is 11.1 Å². The van der Waals surface area contributed by atoms with Crippen LogP contribution in [0.1, 0.15) is 30.0 Å². The fourth-order valence-electron chi connectivity index (χ4n) is 2.76. The number of benzene rings is 1. The number of rotatable bonds is 5. The van der Waals surface area contributed by atoms with Crippen LogP contribution >= 0.6 is 0 Å². The lowest BCUT2D eigenvalue weighted by atomic mass is 10.0. The predicted molar refractivity (Wildman–Crippen MR) is 102 cm³/mol. The minimum absolute atomic E-state index is 0.0882. The van der Waals surface area contributed by atoms with E-state index in [9.17, 15) is 4.79 Å². The molecule has 0 aliphatic rings. The van der Waals surface area contributed by atoms with Crippen LogP contribution in [0.15, 0.2) is 65.3 Å². The number of hydrogen-bond donors (Lipinski definition) is 1. The van der Waals surface area contributed by atoms with Crippen LogP contribution in [0.4, 0.5) is 4.79 Å². The van der Waals surface area contributed by atoms with Gasteiger partial charge in [0, 0.05) is 19.4 Å². The number of pyridine rings is 1. The molecule has 0 saturated carbocycles. The van der Waals surface area contributed by atoms with Gasteiger partial charge in [-0.1, -0.05) is 24.3 Å². The van der Waals surface area contributed by atoms with E-state index in [-0.39, 0.29) is 12.1 Å². The molecule has 0 bridgehead atoms. The van der Waals surface area contributed by atoms with E-state index >= 15 is 0 Å². The molecule has 1 N–H and O–H groups in total. The Morgan fingerprint density at radius 3 is 2.35 bits per heavy atom. The zero-order valence-electron chi connectivity index (χ0n) is 15.3. The lowest BCUT2D eigenvalue weighted by Gasteiger charge is -2.21. The highest BCUT2D eigenvalue weighted by Gasteiger charge is 2.15. The van der Waals surface area contributed by atoms with Crippen molar-refractivity contribution in [3.63, 3.8) is 0 Å². The van der Waals surface area contributed by atoms with Crippen molar-refractivity contribution in [3.05, 3.63) is 78.0 Å². The summed E-state index contributed by atoms with van der Waals surface area (Å²) >= 11 is 0. The van der Waals surface area contributed by atoms with E-state index in [2.05, 4.69) is 22.4 Å². The average Bonchev–Trinajstić information content (AvgIpc) is 3.07. The Morgan fingerprint density at radius 2 is 1.73 bits per heavy atom. The number of carbonyl (C=O) groups excluding carboxylic acids is 1. The van der Waals surface area contributed by atoms with Gasteiger partial charge in [0.05, 0.1) is 12.6 Å². The van der Waals surface area contributed by atoms with Crippen molar-refractivity contribution >= 4 is 6.03 Å². The lowest BCUT2D eigenvalue weighted by molar-refractivity contribution is 0.199. The number of nitrogens with one attached hydrogen (secondary N) is 1. The number of nitrogens with zero attached hydrogens (tertiary/aromatic N) is 2. The van der Waals surface area contributed by atoms with Gasteiger partial charge < -0.3 is 14.6 Å². The Bertz CT molecular complexity index is 856. The van der Waals surface area contributed by atoms with Crippen LogP contribution in [-0.4, -0.2) is 23.0 Å². The third-order valence-corrected chi connectivity index (χ3v) is 4.30. The standard InChI is InChI=1S/C21H23N3O2/c1-15-4-9-20(26-15)14-24(3)21(25)23-16(2)17-5-7-18(8-6-17)19-10-12-22-13-11-19/h4-13,16H,14H2,1-3H3,(H,23,25)/t16-/m0/s1. The van der Waals surface area contributed by atoms with E-state index in [1.54, 1.807) is 24.3 Å². The highest BCUT2D eigenvalue weighted by molar-refractivity contribution is 5.74. The summed E-state index contributed by atoms with van der Waals surface area (Å²) in [5.74, 6) is 1.62. The second-order valence-electron chi connectivity index (χ2n) is 6.40. The molecule has 2 heterocycles. The molecule has 0 spiro atoms. The van der Waals surface area contributed by atoms with Crippen molar-refractivity contribution in [1.82, 2.24) is 15.2 Å². The monoisotopic (exact) mass is 349 g/mol. The average molecular weight is 349 g/mol. The van der Waals surface area contributed by atoms with Gasteiger partial charge in [-0.15, -0.1) is 0 Å². The first kappa shape index (κ1) is 17.7. The van der Waals surface area contributed by atoms with Crippen molar-refractivity contribution in [2.24, 2.45) is 0 Å². The van der Waals surface area contributed by atoms with Crippen molar-refractivity contribution in [2.75, 3.05) is 7.05 Å². The van der Waals surface area contributed by atoms with Crippen LogP contribution in [-0.2, 0) is 6.54 Å². The number of aromatic nitrogens is 1. The first-order chi connectivity index (χ1) is 12.5. The van der Waals surface area contributed by atoms with E-state index in [1.165, 1.54) is 0 Å². The van der Waals surface area contributed by atoms with Gasteiger partial charge in [0.15, 0.2) is 0 Å². The van der Waals surface area contributed by atoms with Crippen LogP contribution in [0.3, 0.4) is 0 Å². The molecule has 0 radical (unpaired) electrons. The number of furan rings is 1. The fraction of sp³-hybridized carbons (Fsp3) is 0.238. The molecule has 2 aromatic heterocycles. The molecule has 5 nitrogen and oxygen atoms in total. The summed E-state index contributed by atoms with van der Waals surface area (Å²) in [6, 6.07) is 15.7. The maximum Gasteiger partial charge on any atom is 0.318 e. The highest BCUT2D eigenvalue weighted by Crippen LogP contribution is 2.21. The van der Waals surface area contributed by atoms with Gasteiger partial charge in [-0.05, 0) is 54.8 Å². The third-order valence-electron chi connectivity index (χ3n) is 4.30. The van der Waals surface area contributed by atoms with E-state index in [0.29, 0.717) is 6.54 Å². The number of aryl methyl sites for hydroxylation is 1. The van der Waals surface area contributed by atoms with Gasteiger partial charge in [-0.3, -0.25) is 4.98 Å². The molecular weight excluding hydrogens is 326 g/mol. The molecule has 1 aromatic carbocycles. The Labute approximate surface area is 153 Å². The number of carbonyl (C=O) groups is 1. The summed E-state index contributed by atoms with van der Waals surface area (Å²) in [5, 5.41) is 3.02.